The second-order valence-electron chi connectivity index (χ2n) is 7.44. The topological polar surface area (TPSA) is 18.5 Å². The number of para-hydroxylation sites is 1. The van der Waals surface area contributed by atoms with Gasteiger partial charge in [-0.15, -0.1) is 0 Å². The van der Waals surface area contributed by atoms with Crippen LogP contribution in [0.3, 0.4) is 0 Å². The van der Waals surface area contributed by atoms with Crippen molar-refractivity contribution < 1.29 is 13.9 Å². The molecule has 4 rings (SSSR count). The van der Waals surface area contributed by atoms with E-state index in [0.717, 1.165) is 35.5 Å². The van der Waals surface area contributed by atoms with Crippen LogP contribution in [0.5, 0.6) is 17.2 Å². The molecule has 0 amide bonds. The molecule has 0 saturated heterocycles. The molecule has 148 valence electrons. The first-order valence-corrected chi connectivity index (χ1v) is 10.1. The molecule has 0 heterocycles. The van der Waals surface area contributed by atoms with E-state index in [1.54, 1.807) is 6.08 Å². The molecule has 1 aliphatic rings. The SMILES string of the molecule is CCOc1ccc(C2(/C=C(\F)Cc3cccc(Oc4ccccc4)c3)CC2)cc1. The van der Waals surface area contributed by atoms with Crippen LogP contribution in [-0.2, 0) is 11.8 Å². The van der Waals surface area contributed by atoms with Crippen molar-refractivity contribution in [2.24, 2.45) is 0 Å². The highest BCUT2D eigenvalue weighted by Gasteiger charge is 2.42. The lowest BCUT2D eigenvalue weighted by molar-refractivity contribution is 0.340. The van der Waals surface area contributed by atoms with Gasteiger partial charge < -0.3 is 9.47 Å². The summed E-state index contributed by atoms with van der Waals surface area (Å²) in [6.07, 6.45) is 4.02. The van der Waals surface area contributed by atoms with Crippen LogP contribution in [-0.4, -0.2) is 6.61 Å². The minimum atomic E-state index is -0.174. The van der Waals surface area contributed by atoms with Crippen LogP contribution in [0.15, 0.2) is 90.8 Å². The van der Waals surface area contributed by atoms with Gasteiger partial charge in [0.25, 0.3) is 0 Å². The summed E-state index contributed by atoms with van der Waals surface area (Å²) in [4.78, 5) is 0. The predicted molar refractivity (Wildman–Crippen MR) is 114 cm³/mol. The molecule has 2 nitrogen and oxygen atoms in total. The third-order valence-electron chi connectivity index (χ3n) is 5.21. The van der Waals surface area contributed by atoms with E-state index in [1.807, 2.05) is 73.7 Å². The average molecular weight is 388 g/mol. The zero-order valence-corrected chi connectivity index (χ0v) is 16.6. The molecule has 0 N–H and O–H groups in total. The highest BCUT2D eigenvalue weighted by Crippen LogP contribution is 2.50. The number of allylic oxidation sites excluding steroid dienone is 2. The highest BCUT2D eigenvalue weighted by atomic mass is 19.1. The minimum Gasteiger partial charge on any atom is -0.494 e. The molecule has 0 atom stereocenters. The number of hydrogen-bond donors (Lipinski definition) is 0. The molecular weight excluding hydrogens is 363 g/mol. The molecule has 1 fully saturated rings. The van der Waals surface area contributed by atoms with Gasteiger partial charge in [0.2, 0.25) is 0 Å². The lowest BCUT2D eigenvalue weighted by Gasteiger charge is -2.13. The molecule has 3 aromatic carbocycles. The van der Waals surface area contributed by atoms with E-state index in [1.165, 1.54) is 0 Å². The Morgan fingerprint density at radius 2 is 1.62 bits per heavy atom. The van der Waals surface area contributed by atoms with Crippen LogP contribution in [0.2, 0.25) is 0 Å². The molecule has 3 heteroatoms. The van der Waals surface area contributed by atoms with Crippen molar-refractivity contribution in [3.8, 4) is 17.2 Å². The van der Waals surface area contributed by atoms with E-state index in [9.17, 15) is 4.39 Å². The Balaban J connectivity index is 1.45. The zero-order chi connectivity index (χ0) is 20.1. The molecule has 0 aliphatic heterocycles. The molecule has 29 heavy (non-hydrogen) atoms. The largest absolute Gasteiger partial charge is 0.494 e. The normalized spacial score (nSPS) is 15.0. The van der Waals surface area contributed by atoms with Crippen LogP contribution in [0, 0.1) is 0 Å². The Labute approximate surface area is 171 Å². The zero-order valence-electron chi connectivity index (χ0n) is 16.6. The van der Waals surface area contributed by atoms with E-state index in [4.69, 9.17) is 9.47 Å². The van der Waals surface area contributed by atoms with Gasteiger partial charge >= 0.3 is 0 Å². The van der Waals surface area contributed by atoms with Crippen molar-refractivity contribution in [1.82, 2.24) is 0 Å². The third kappa shape index (κ3) is 4.86. The van der Waals surface area contributed by atoms with Gasteiger partial charge in [0.05, 0.1) is 6.61 Å². The summed E-state index contributed by atoms with van der Waals surface area (Å²) in [5.41, 5.74) is 1.87. The van der Waals surface area contributed by atoms with Gasteiger partial charge in [-0.1, -0.05) is 42.5 Å². The highest BCUT2D eigenvalue weighted by molar-refractivity contribution is 5.42. The standard InChI is InChI=1S/C26H25FO2/c1-2-28-23-13-11-21(12-14-23)26(15-16-26)19-22(27)17-20-7-6-10-25(18-20)29-24-8-4-3-5-9-24/h3-14,18-19H,2,15-17H2,1H3/b22-19-. The van der Waals surface area contributed by atoms with E-state index >= 15 is 0 Å². The number of rotatable bonds is 8. The number of ether oxygens (including phenoxy) is 2. The van der Waals surface area contributed by atoms with Crippen LogP contribution in [0.4, 0.5) is 4.39 Å². The second-order valence-corrected chi connectivity index (χ2v) is 7.44. The average Bonchev–Trinajstić information content (AvgIpc) is 3.50. The number of benzene rings is 3. The van der Waals surface area contributed by atoms with E-state index < -0.39 is 0 Å². The van der Waals surface area contributed by atoms with Gasteiger partial charge in [-0.3, -0.25) is 0 Å². The summed E-state index contributed by atoms with van der Waals surface area (Å²) in [5, 5.41) is 0. The Hall–Kier alpha value is -3.07. The first kappa shape index (κ1) is 19.3. The van der Waals surface area contributed by atoms with Gasteiger partial charge in [0.1, 0.15) is 23.1 Å². The molecule has 0 spiro atoms. The van der Waals surface area contributed by atoms with Gasteiger partial charge in [-0.2, -0.15) is 0 Å². The van der Waals surface area contributed by atoms with Crippen molar-refractivity contribution in [1.29, 1.82) is 0 Å². The molecule has 0 aromatic heterocycles. The fourth-order valence-electron chi connectivity index (χ4n) is 3.59. The number of halogens is 1. The Morgan fingerprint density at radius 1 is 0.897 bits per heavy atom. The Kier molecular flexibility index (Phi) is 5.66. The van der Waals surface area contributed by atoms with Gasteiger partial charge in [-0.25, -0.2) is 4.39 Å². The van der Waals surface area contributed by atoms with Crippen molar-refractivity contribution in [3.63, 3.8) is 0 Å². The fraction of sp³-hybridized carbons (Fsp3) is 0.231. The summed E-state index contributed by atoms with van der Waals surface area (Å²) in [6, 6.07) is 25.3. The molecular formula is C26H25FO2. The maximum absolute atomic E-state index is 14.9. The molecule has 0 unspecified atom stereocenters. The summed E-state index contributed by atoms with van der Waals surface area (Å²) in [5.74, 6) is 2.24. The van der Waals surface area contributed by atoms with Crippen LogP contribution >= 0.6 is 0 Å². The molecule has 0 bridgehead atoms. The number of hydrogen-bond acceptors (Lipinski definition) is 2. The first-order valence-electron chi connectivity index (χ1n) is 10.1. The Bertz CT molecular complexity index is 973. The van der Waals surface area contributed by atoms with Gasteiger partial charge in [0.15, 0.2) is 0 Å². The molecule has 1 aliphatic carbocycles. The summed E-state index contributed by atoms with van der Waals surface area (Å²) in [6.45, 7) is 2.61. The maximum Gasteiger partial charge on any atom is 0.127 e. The van der Waals surface area contributed by atoms with Crippen LogP contribution < -0.4 is 9.47 Å². The van der Waals surface area contributed by atoms with E-state index in [-0.39, 0.29) is 17.7 Å². The van der Waals surface area contributed by atoms with Gasteiger partial charge in [0, 0.05) is 11.8 Å². The van der Waals surface area contributed by atoms with E-state index in [2.05, 4.69) is 12.1 Å². The Morgan fingerprint density at radius 3 is 2.31 bits per heavy atom. The fourth-order valence-corrected chi connectivity index (χ4v) is 3.59. The van der Waals surface area contributed by atoms with E-state index in [0.29, 0.717) is 12.4 Å². The summed E-state index contributed by atoms with van der Waals surface area (Å²) >= 11 is 0. The third-order valence-corrected chi connectivity index (χ3v) is 5.21. The summed E-state index contributed by atoms with van der Waals surface area (Å²) in [7, 11) is 0. The molecule has 0 radical (unpaired) electrons. The smallest absolute Gasteiger partial charge is 0.127 e. The lowest BCUT2D eigenvalue weighted by atomic mass is 9.94. The maximum atomic E-state index is 14.9. The van der Waals surface area contributed by atoms with Crippen molar-refractivity contribution >= 4 is 0 Å². The predicted octanol–water partition coefficient (Wildman–Crippen LogP) is 7.01. The van der Waals surface area contributed by atoms with Crippen molar-refractivity contribution in [2.45, 2.75) is 31.6 Å². The van der Waals surface area contributed by atoms with Crippen molar-refractivity contribution in [3.05, 3.63) is 102 Å². The van der Waals surface area contributed by atoms with Crippen LogP contribution in [0.1, 0.15) is 30.9 Å². The second kappa shape index (κ2) is 8.52. The summed E-state index contributed by atoms with van der Waals surface area (Å²) < 4.78 is 26.2. The lowest BCUT2D eigenvalue weighted by Crippen LogP contribution is -2.04. The molecule has 1 saturated carbocycles. The monoisotopic (exact) mass is 388 g/mol. The van der Waals surface area contributed by atoms with Crippen molar-refractivity contribution in [2.75, 3.05) is 6.61 Å². The molecule has 3 aromatic rings. The van der Waals surface area contributed by atoms with Crippen LogP contribution in [0.25, 0.3) is 0 Å². The van der Waals surface area contributed by atoms with Gasteiger partial charge in [-0.05, 0) is 73.4 Å². The quantitative estimate of drug-likeness (QED) is 0.413. The minimum absolute atomic E-state index is 0.103. The first-order chi connectivity index (χ1) is 14.2.